The fraction of sp³-hybridized carbons (Fsp3) is 0.235. The van der Waals surface area contributed by atoms with Gasteiger partial charge < -0.3 is 4.42 Å². The Bertz CT molecular complexity index is 719. The molecule has 2 heteroatoms. The molecule has 0 aliphatic carbocycles. The molecule has 3 aromatic rings. The molecule has 0 N–H and O–H groups in total. The molecule has 0 fully saturated rings. The van der Waals surface area contributed by atoms with Gasteiger partial charge in [-0.1, -0.05) is 32.9 Å². The van der Waals surface area contributed by atoms with Crippen LogP contribution in [-0.2, 0) is 5.41 Å². The van der Waals surface area contributed by atoms with Gasteiger partial charge in [0.1, 0.15) is 5.58 Å². The highest BCUT2D eigenvalue weighted by molar-refractivity contribution is 5.82. The van der Waals surface area contributed by atoms with Crippen molar-refractivity contribution in [3.05, 3.63) is 54.4 Å². The minimum atomic E-state index is 0.131. The van der Waals surface area contributed by atoms with Crippen molar-refractivity contribution in [1.29, 1.82) is 0 Å². The molecule has 2 aromatic heterocycles. The highest BCUT2D eigenvalue weighted by Crippen LogP contribution is 2.28. The molecule has 0 unspecified atom stereocenters. The van der Waals surface area contributed by atoms with Crippen molar-refractivity contribution in [2.24, 2.45) is 0 Å². The van der Waals surface area contributed by atoms with Crippen molar-refractivity contribution in [1.82, 2.24) is 4.98 Å². The topological polar surface area (TPSA) is 26.0 Å². The summed E-state index contributed by atoms with van der Waals surface area (Å²) in [5, 5.41) is 1.12. The van der Waals surface area contributed by atoms with Gasteiger partial charge in [-0.25, -0.2) is 0 Å². The zero-order chi connectivity index (χ0) is 13.5. The van der Waals surface area contributed by atoms with E-state index in [-0.39, 0.29) is 5.41 Å². The number of hydrogen-bond acceptors (Lipinski definition) is 2. The molecule has 0 spiro atoms. The highest BCUT2D eigenvalue weighted by atomic mass is 16.3. The second kappa shape index (κ2) is 4.23. The number of nitrogens with zero attached hydrogens (tertiary/aromatic N) is 1. The quantitative estimate of drug-likeness (QED) is 0.621. The number of furan rings is 1. The Morgan fingerprint density at radius 3 is 2.63 bits per heavy atom. The summed E-state index contributed by atoms with van der Waals surface area (Å²) >= 11 is 0. The van der Waals surface area contributed by atoms with Gasteiger partial charge in [0.15, 0.2) is 0 Å². The number of benzene rings is 1. The fourth-order valence-corrected chi connectivity index (χ4v) is 2.17. The lowest BCUT2D eigenvalue weighted by Gasteiger charge is -2.19. The summed E-state index contributed by atoms with van der Waals surface area (Å²) < 4.78 is 5.45. The third-order valence-electron chi connectivity index (χ3n) is 3.38. The van der Waals surface area contributed by atoms with Gasteiger partial charge in [0.05, 0.1) is 12.0 Å². The van der Waals surface area contributed by atoms with Crippen LogP contribution >= 0.6 is 0 Å². The average molecular weight is 251 g/mol. The summed E-state index contributed by atoms with van der Waals surface area (Å²) in [6.45, 7) is 6.63. The first-order valence-electron chi connectivity index (χ1n) is 6.48. The molecular formula is C17H17NO. The monoisotopic (exact) mass is 251 g/mol. The summed E-state index contributed by atoms with van der Waals surface area (Å²) in [5.74, 6) is 0. The number of hydrogen-bond donors (Lipinski definition) is 0. The average Bonchev–Trinajstić information content (AvgIpc) is 2.85. The Balaban J connectivity index is 2.10. The van der Waals surface area contributed by atoms with Crippen molar-refractivity contribution < 1.29 is 4.42 Å². The van der Waals surface area contributed by atoms with Crippen LogP contribution in [0, 0.1) is 0 Å². The standard InChI is InChI=1S/C17H17NO/c1-17(2,3)14-6-8-18-15(11-14)13-5-4-12-7-9-19-16(12)10-13/h4-11H,1-3H3. The van der Waals surface area contributed by atoms with Gasteiger partial charge in [-0.15, -0.1) is 0 Å². The van der Waals surface area contributed by atoms with Gasteiger partial charge in [-0.05, 0) is 35.2 Å². The Morgan fingerprint density at radius 1 is 1.00 bits per heavy atom. The van der Waals surface area contributed by atoms with Gasteiger partial charge in [-0.2, -0.15) is 0 Å². The number of fused-ring (bicyclic) bond motifs is 1. The maximum absolute atomic E-state index is 5.45. The molecule has 2 nitrogen and oxygen atoms in total. The first-order chi connectivity index (χ1) is 9.04. The molecule has 3 rings (SSSR count). The Morgan fingerprint density at radius 2 is 1.84 bits per heavy atom. The normalized spacial score (nSPS) is 11.9. The van der Waals surface area contributed by atoms with Gasteiger partial charge in [-0.3, -0.25) is 4.98 Å². The minimum Gasteiger partial charge on any atom is -0.464 e. The lowest BCUT2D eigenvalue weighted by molar-refractivity contribution is 0.589. The number of rotatable bonds is 1. The zero-order valence-corrected chi connectivity index (χ0v) is 11.5. The van der Waals surface area contributed by atoms with Gasteiger partial charge in [0, 0.05) is 17.1 Å². The summed E-state index contributed by atoms with van der Waals surface area (Å²) in [6, 6.07) is 12.4. The van der Waals surface area contributed by atoms with Crippen molar-refractivity contribution in [3.8, 4) is 11.3 Å². The molecule has 0 bridgehead atoms. The highest BCUT2D eigenvalue weighted by Gasteiger charge is 2.14. The molecule has 0 saturated carbocycles. The minimum absolute atomic E-state index is 0.131. The molecule has 1 aromatic carbocycles. The molecule has 0 atom stereocenters. The van der Waals surface area contributed by atoms with Crippen LogP contribution in [0.1, 0.15) is 26.3 Å². The molecule has 0 radical (unpaired) electrons. The molecule has 0 aliphatic heterocycles. The van der Waals surface area contributed by atoms with E-state index in [1.54, 1.807) is 6.26 Å². The third kappa shape index (κ3) is 2.26. The van der Waals surface area contributed by atoms with Crippen LogP contribution in [-0.4, -0.2) is 4.98 Å². The van der Waals surface area contributed by atoms with Gasteiger partial charge in [0.2, 0.25) is 0 Å². The van der Waals surface area contributed by atoms with E-state index < -0.39 is 0 Å². The van der Waals surface area contributed by atoms with Crippen molar-refractivity contribution in [2.45, 2.75) is 26.2 Å². The van der Waals surface area contributed by atoms with E-state index in [0.29, 0.717) is 0 Å². The number of aromatic nitrogens is 1. The second-order valence-corrected chi connectivity index (χ2v) is 5.85. The smallest absolute Gasteiger partial charge is 0.134 e. The summed E-state index contributed by atoms with van der Waals surface area (Å²) in [5.41, 5.74) is 4.41. The van der Waals surface area contributed by atoms with Crippen molar-refractivity contribution in [2.75, 3.05) is 0 Å². The summed E-state index contributed by atoms with van der Waals surface area (Å²) in [4.78, 5) is 4.47. The van der Waals surface area contributed by atoms with E-state index in [0.717, 1.165) is 22.2 Å². The molecule has 0 amide bonds. The maximum atomic E-state index is 5.45. The molecule has 19 heavy (non-hydrogen) atoms. The van der Waals surface area contributed by atoms with Crippen LogP contribution in [0.3, 0.4) is 0 Å². The second-order valence-electron chi connectivity index (χ2n) is 5.85. The SMILES string of the molecule is CC(C)(C)c1ccnc(-c2ccc3ccoc3c2)c1. The first-order valence-corrected chi connectivity index (χ1v) is 6.48. The summed E-state index contributed by atoms with van der Waals surface area (Å²) in [7, 11) is 0. The van der Waals surface area contributed by atoms with E-state index in [1.807, 2.05) is 18.3 Å². The Hall–Kier alpha value is -2.09. The van der Waals surface area contributed by atoms with E-state index in [1.165, 1.54) is 5.56 Å². The largest absolute Gasteiger partial charge is 0.464 e. The fourth-order valence-electron chi connectivity index (χ4n) is 2.17. The van der Waals surface area contributed by atoms with Crippen LogP contribution < -0.4 is 0 Å². The van der Waals surface area contributed by atoms with E-state index in [4.69, 9.17) is 4.42 Å². The van der Waals surface area contributed by atoms with E-state index >= 15 is 0 Å². The number of pyridine rings is 1. The van der Waals surface area contributed by atoms with E-state index in [2.05, 4.69) is 50.0 Å². The zero-order valence-electron chi connectivity index (χ0n) is 11.5. The Kier molecular flexibility index (Phi) is 2.67. The lowest BCUT2D eigenvalue weighted by atomic mass is 9.87. The predicted octanol–water partition coefficient (Wildman–Crippen LogP) is 4.79. The van der Waals surface area contributed by atoms with Crippen molar-refractivity contribution >= 4 is 11.0 Å². The molecular weight excluding hydrogens is 234 g/mol. The van der Waals surface area contributed by atoms with Crippen LogP contribution in [0.25, 0.3) is 22.2 Å². The van der Waals surface area contributed by atoms with Crippen LogP contribution in [0.5, 0.6) is 0 Å². The molecule has 2 heterocycles. The first kappa shape index (κ1) is 12.0. The van der Waals surface area contributed by atoms with E-state index in [9.17, 15) is 0 Å². The lowest BCUT2D eigenvalue weighted by Crippen LogP contribution is -2.11. The van der Waals surface area contributed by atoms with Gasteiger partial charge in [0.25, 0.3) is 0 Å². The van der Waals surface area contributed by atoms with Crippen LogP contribution in [0.2, 0.25) is 0 Å². The van der Waals surface area contributed by atoms with Crippen LogP contribution in [0.15, 0.2) is 53.3 Å². The maximum Gasteiger partial charge on any atom is 0.134 e. The molecule has 96 valence electrons. The molecule has 0 saturated heterocycles. The predicted molar refractivity (Wildman–Crippen MR) is 78.1 cm³/mol. The summed E-state index contributed by atoms with van der Waals surface area (Å²) in [6.07, 6.45) is 3.59. The third-order valence-corrected chi connectivity index (χ3v) is 3.38. The van der Waals surface area contributed by atoms with Gasteiger partial charge >= 0.3 is 0 Å². The van der Waals surface area contributed by atoms with Crippen molar-refractivity contribution in [3.63, 3.8) is 0 Å². The van der Waals surface area contributed by atoms with Crippen LogP contribution in [0.4, 0.5) is 0 Å². The Labute approximate surface area is 113 Å². The molecule has 0 aliphatic rings.